The van der Waals surface area contributed by atoms with E-state index in [-0.39, 0.29) is 23.2 Å². The normalized spacial score (nSPS) is 43.6. The van der Waals surface area contributed by atoms with Crippen molar-refractivity contribution in [2.75, 3.05) is 0 Å². The maximum absolute atomic E-state index is 12.0. The summed E-state index contributed by atoms with van der Waals surface area (Å²) in [6, 6.07) is 0. The van der Waals surface area contributed by atoms with Gasteiger partial charge in [0.1, 0.15) is 11.9 Å². The van der Waals surface area contributed by atoms with Crippen LogP contribution >= 0.6 is 0 Å². The van der Waals surface area contributed by atoms with Crippen LogP contribution in [-0.4, -0.2) is 23.0 Å². The minimum absolute atomic E-state index is 0.0876. The molecule has 4 aliphatic rings. The Hall–Kier alpha value is -1.63. The molecule has 1 N–H and O–H groups in total. The van der Waals surface area contributed by atoms with Crippen LogP contribution in [0.4, 0.5) is 0 Å². The van der Waals surface area contributed by atoms with Gasteiger partial charge >= 0.3 is 5.97 Å². The lowest BCUT2D eigenvalue weighted by molar-refractivity contribution is -0.137. The van der Waals surface area contributed by atoms with Gasteiger partial charge in [0.25, 0.3) is 0 Å². The zero-order chi connectivity index (χ0) is 21.7. The predicted molar refractivity (Wildman–Crippen MR) is 115 cm³/mol. The molecule has 4 aliphatic carbocycles. The summed E-state index contributed by atoms with van der Waals surface area (Å²) in [5.41, 5.74) is 2.10. The molecule has 0 saturated heterocycles. The summed E-state index contributed by atoms with van der Waals surface area (Å²) in [6.45, 7) is 7.07. The molecule has 4 saturated carbocycles. The minimum Gasteiger partial charge on any atom is -0.481 e. The van der Waals surface area contributed by atoms with Gasteiger partial charge in [-0.05, 0) is 98.2 Å². The maximum Gasteiger partial charge on any atom is 0.303 e. The van der Waals surface area contributed by atoms with Crippen molar-refractivity contribution in [3.8, 4) is 0 Å². The lowest BCUT2D eigenvalue weighted by Crippen LogP contribution is -2.54. The van der Waals surface area contributed by atoms with Crippen LogP contribution in [0.2, 0.25) is 0 Å². The van der Waals surface area contributed by atoms with Crippen molar-refractivity contribution in [2.24, 2.45) is 46.3 Å². The van der Waals surface area contributed by atoms with Crippen LogP contribution < -0.4 is 0 Å². The molecule has 0 amide bonds. The third-order valence-corrected chi connectivity index (χ3v) is 10.2. The first-order chi connectivity index (χ1) is 14.2. The molecule has 0 aromatic carbocycles. The molecule has 0 radical (unpaired) electrons. The second kappa shape index (κ2) is 7.81. The first-order valence-electron chi connectivity index (χ1n) is 11.9. The van der Waals surface area contributed by atoms with Gasteiger partial charge in [0, 0.05) is 23.5 Å². The number of carbonyl (C=O) groups is 1. The van der Waals surface area contributed by atoms with Crippen LogP contribution in [-0.2, 0) is 14.4 Å². The van der Waals surface area contributed by atoms with Crippen molar-refractivity contribution in [1.82, 2.24) is 0 Å². The summed E-state index contributed by atoms with van der Waals surface area (Å²) in [5, 5.41) is 9.12. The van der Waals surface area contributed by atoms with Crippen LogP contribution in [0.15, 0.2) is 11.1 Å². The van der Waals surface area contributed by atoms with Crippen LogP contribution in [0, 0.1) is 46.3 Å². The molecule has 0 spiro atoms. The van der Waals surface area contributed by atoms with Gasteiger partial charge < -0.3 is 5.11 Å². The van der Waals surface area contributed by atoms with Gasteiger partial charge in [-0.3, -0.25) is 4.79 Å². The van der Waals surface area contributed by atoms with E-state index in [1.807, 2.05) is 0 Å². The molecule has 0 heterocycles. The van der Waals surface area contributed by atoms with Crippen molar-refractivity contribution in [3.63, 3.8) is 0 Å². The molecule has 4 heteroatoms. The SMILES string of the molecule is C[C@H](CCC(=O)O)[C@H]1CC[C@H]2[C@@H]3CC(=C=O)[C@@H]4CC(=C=O)CC[C@]4(C)[C@H]3CC[C@]12C. The van der Waals surface area contributed by atoms with E-state index >= 15 is 0 Å². The highest BCUT2D eigenvalue weighted by Gasteiger charge is 2.61. The van der Waals surface area contributed by atoms with Crippen LogP contribution in [0.1, 0.15) is 85.0 Å². The molecule has 30 heavy (non-hydrogen) atoms. The van der Waals surface area contributed by atoms with Gasteiger partial charge in [-0.25, -0.2) is 9.59 Å². The molecule has 4 rings (SSSR count). The number of allylic oxidation sites excluding steroid dienone is 2. The standard InChI is InChI=1S/C26H36O4/c1-16(4-7-24(29)30)20-5-6-21-19-13-18(15-28)23-12-17(14-27)8-10-26(23,3)22(19)9-11-25(20,21)2/h16,19-23H,4-13H2,1-3H3,(H,29,30)/t16-,19+,20-,21+,22+,23+,25-,26-/m1/s1. The van der Waals surface area contributed by atoms with Crippen LogP contribution in [0.3, 0.4) is 0 Å². The van der Waals surface area contributed by atoms with Gasteiger partial charge in [0.2, 0.25) is 0 Å². The molecule has 0 aromatic rings. The third-order valence-electron chi connectivity index (χ3n) is 10.2. The van der Waals surface area contributed by atoms with Gasteiger partial charge in [0.15, 0.2) is 0 Å². The van der Waals surface area contributed by atoms with E-state index in [4.69, 9.17) is 5.11 Å². The number of carboxylic acid groups (broad SMARTS) is 1. The minimum atomic E-state index is -0.696. The fraction of sp³-hybridized carbons (Fsp3) is 0.808. The van der Waals surface area contributed by atoms with Crippen LogP contribution in [0.5, 0.6) is 0 Å². The second-order valence-corrected chi connectivity index (χ2v) is 11.3. The van der Waals surface area contributed by atoms with E-state index < -0.39 is 5.97 Å². The first kappa shape index (κ1) is 21.6. The van der Waals surface area contributed by atoms with Gasteiger partial charge in [-0.1, -0.05) is 20.8 Å². The van der Waals surface area contributed by atoms with Crippen molar-refractivity contribution < 1.29 is 19.5 Å². The fourth-order valence-electron chi connectivity index (χ4n) is 8.66. The van der Waals surface area contributed by atoms with E-state index in [0.717, 1.165) is 36.8 Å². The first-order valence-corrected chi connectivity index (χ1v) is 11.9. The molecule has 4 nitrogen and oxygen atoms in total. The molecular weight excluding hydrogens is 376 g/mol. The van der Waals surface area contributed by atoms with E-state index in [1.165, 1.54) is 25.7 Å². The molecule has 0 aromatic heterocycles. The van der Waals surface area contributed by atoms with Crippen molar-refractivity contribution in [3.05, 3.63) is 11.1 Å². The lowest BCUT2D eigenvalue weighted by Gasteiger charge is -2.60. The lowest BCUT2D eigenvalue weighted by atomic mass is 9.43. The summed E-state index contributed by atoms with van der Waals surface area (Å²) in [6.07, 6.45) is 9.15. The zero-order valence-corrected chi connectivity index (χ0v) is 18.7. The maximum atomic E-state index is 12.0. The third kappa shape index (κ3) is 3.24. The summed E-state index contributed by atoms with van der Waals surface area (Å²) in [4.78, 5) is 34.4. The average Bonchev–Trinajstić information content (AvgIpc) is 3.08. The number of hydrogen-bond acceptors (Lipinski definition) is 3. The van der Waals surface area contributed by atoms with Gasteiger partial charge in [-0.2, -0.15) is 0 Å². The van der Waals surface area contributed by atoms with E-state index in [0.29, 0.717) is 36.0 Å². The molecule has 4 fully saturated rings. The monoisotopic (exact) mass is 412 g/mol. The number of aliphatic carboxylic acids is 1. The summed E-state index contributed by atoms with van der Waals surface area (Å²) >= 11 is 0. The quantitative estimate of drug-likeness (QED) is 0.638. The average molecular weight is 413 g/mol. The fourth-order valence-corrected chi connectivity index (χ4v) is 8.66. The van der Waals surface area contributed by atoms with E-state index in [9.17, 15) is 14.4 Å². The Morgan fingerprint density at radius 2 is 1.80 bits per heavy atom. The second-order valence-electron chi connectivity index (χ2n) is 11.3. The summed E-state index contributed by atoms with van der Waals surface area (Å²) in [7, 11) is 0. The largest absolute Gasteiger partial charge is 0.481 e. The topological polar surface area (TPSA) is 71.4 Å². The van der Waals surface area contributed by atoms with Crippen LogP contribution in [0.25, 0.3) is 0 Å². The summed E-state index contributed by atoms with van der Waals surface area (Å²) in [5.74, 6) is 6.68. The number of fused-ring (bicyclic) bond motifs is 5. The zero-order valence-electron chi connectivity index (χ0n) is 18.7. The Bertz CT molecular complexity index is 817. The molecule has 0 unspecified atom stereocenters. The molecular formula is C26H36O4. The number of rotatable bonds is 4. The van der Waals surface area contributed by atoms with Crippen molar-refractivity contribution in [1.29, 1.82) is 0 Å². The number of carbonyl (C=O) groups excluding carboxylic acids is 2. The molecule has 0 bridgehead atoms. The van der Waals surface area contributed by atoms with Crippen molar-refractivity contribution >= 4 is 17.9 Å². The van der Waals surface area contributed by atoms with Gasteiger partial charge in [-0.15, -0.1) is 0 Å². The number of hydrogen-bond donors (Lipinski definition) is 1. The highest BCUT2D eigenvalue weighted by Crippen LogP contribution is 2.69. The highest BCUT2D eigenvalue weighted by atomic mass is 16.4. The molecule has 164 valence electrons. The number of carboxylic acids is 1. The molecule has 0 aliphatic heterocycles. The van der Waals surface area contributed by atoms with E-state index in [1.54, 1.807) is 0 Å². The molecule has 8 atom stereocenters. The Morgan fingerprint density at radius 3 is 2.47 bits per heavy atom. The Labute approximate surface area is 180 Å². The predicted octanol–water partition coefficient (Wildman–Crippen LogP) is 5.27. The van der Waals surface area contributed by atoms with E-state index in [2.05, 4.69) is 32.7 Å². The highest BCUT2D eigenvalue weighted by molar-refractivity contribution is 5.66. The smallest absolute Gasteiger partial charge is 0.303 e. The Morgan fingerprint density at radius 1 is 1.07 bits per heavy atom. The Kier molecular flexibility index (Phi) is 5.62. The summed E-state index contributed by atoms with van der Waals surface area (Å²) < 4.78 is 0. The Balaban J connectivity index is 1.60. The van der Waals surface area contributed by atoms with Crippen molar-refractivity contribution in [2.45, 2.75) is 85.0 Å². The van der Waals surface area contributed by atoms with Gasteiger partial charge in [0.05, 0.1) is 0 Å².